The van der Waals surface area contributed by atoms with Crippen LogP contribution in [0, 0.1) is 11.7 Å². The predicted molar refractivity (Wildman–Crippen MR) is 73.1 cm³/mol. The van der Waals surface area contributed by atoms with Gasteiger partial charge < -0.3 is 0 Å². The highest BCUT2D eigenvalue weighted by molar-refractivity contribution is 6.30. The molecule has 0 amide bonds. The standard InChI is InChI=1S/C16H12ClFO/c17-13-5-6-15(18)11(9-13)8-12-7-10-3-1-2-4-14(10)16(12)19/h1-6,9,12H,7-8H2. The van der Waals surface area contributed by atoms with Gasteiger partial charge in [0.25, 0.3) is 0 Å². The Morgan fingerprint density at radius 2 is 2.00 bits per heavy atom. The fraction of sp³-hybridized carbons (Fsp3) is 0.188. The number of benzene rings is 2. The van der Waals surface area contributed by atoms with Gasteiger partial charge in [0.1, 0.15) is 5.82 Å². The zero-order valence-electron chi connectivity index (χ0n) is 10.2. The molecule has 1 aliphatic carbocycles. The smallest absolute Gasteiger partial charge is 0.166 e. The lowest BCUT2D eigenvalue weighted by Crippen LogP contribution is -2.13. The summed E-state index contributed by atoms with van der Waals surface area (Å²) in [6.07, 6.45) is 1.08. The number of ketones is 1. The van der Waals surface area contributed by atoms with Crippen molar-refractivity contribution in [3.05, 3.63) is 70.0 Å². The Morgan fingerprint density at radius 1 is 1.21 bits per heavy atom. The molecule has 0 spiro atoms. The first-order valence-electron chi connectivity index (χ1n) is 6.21. The minimum atomic E-state index is -0.298. The van der Waals surface area contributed by atoms with E-state index in [1.165, 1.54) is 12.1 Å². The van der Waals surface area contributed by atoms with Gasteiger partial charge in [0.15, 0.2) is 5.78 Å². The Kier molecular flexibility index (Phi) is 3.11. The van der Waals surface area contributed by atoms with Crippen molar-refractivity contribution in [3.8, 4) is 0 Å². The quantitative estimate of drug-likeness (QED) is 0.806. The maximum atomic E-state index is 13.7. The number of fused-ring (bicyclic) bond motifs is 1. The van der Waals surface area contributed by atoms with Crippen LogP contribution in [0.25, 0.3) is 0 Å². The Hall–Kier alpha value is -1.67. The summed E-state index contributed by atoms with van der Waals surface area (Å²) in [6.45, 7) is 0. The molecule has 0 heterocycles. The lowest BCUT2D eigenvalue weighted by atomic mass is 9.95. The lowest BCUT2D eigenvalue weighted by molar-refractivity contribution is 0.0936. The van der Waals surface area contributed by atoms with E-state index < -0.39 is 0 Å². The largest absolute Gasteiger partial charge is 0.294 e. The summed E-state index contributed by atoms with van der Waals surface area (Å²) in [6, 6.07) is 12.1. The van der Waals surface area contributed by atoms with Crippen LogP contribution in [0.2, 0.25) is 5.02 Å². The van der Waals surface area contributed by atoms with Gasteiger partial charge in [0.2, 0.25) is 0 Å². The summed E-state index contributed by atoms with van der Waals surface area (Å²) in [5.74, 6) is -0.367. The SMILES string of the molecule is O=C1c2ccccc2CC1Cc1cc(Cl)ccc1F. The van der Waals surface area contributed by atoms with E-state index >= 15 is 0 Å². The van der Waals surface area contributed by atoms with E-state index in [9.17, 15) is 9.18 Å². The van der Waals surface area contributed by atoms with Crippen LogP contribution in [-0.4, -0.2) is 5.78 Å². The van der Waals surface area contributed by atoms with E-state index in [1.54, 1.807) is 6.07 Å². The Balaban J connectivity index is 1.87. The molecule has 0 aromatic heterocycles. The third-order valence-electron chi connectivity index (χ3n) is 3.59. The Bertz CT molecular complexity index is 651. The topological polar surface area (TPSA) is 17.1 Å². The molecular formula is C16H12ClFO. The van der Waals surface area contributed by atoms with Gasteiger partial charge in [-0.2, -0.15) is 0 Å². The summed E-state index contributed by atoms with van der Waals surface area (Å²) in [5, 5.41) is 0.499. The molecule has 1 unspecified atom stereocenters. The van der Waals surface area contributed by atoms with Crippen LogP contribution in [0.5, 0.6) is 0 Å². The van der Waals surface area contributed by atoms with Gasteiger partial charge in [-0.3, -0.25) is 4.79 Å². The van der Waals surface area contributed by atoms with Gasteiger partial charge in [-0.1, -0.05) is 35.9 Å². The van der Waals surface area contributed by atoms with Gasteiger partial charge in [-0.05, 0) is 42.2 Å². The average molecular weight is 275 g/mol. The number of carbonyl (C=O) groups excluding carboxylic acids is 1. The summed E-state index contributed by atoms with van der Waals surface area (Å²) in [4.78, 5) is 12.2. The van der Waals surface area contributed by atoms with E-state index in [-0.39, 0.29) is 17.5 Å². The second kappa shape index (κ2) is 4.78. The van der Waals surface area contributed by atoms with Crippen LogP contribution >= 0.6 is 11.6 Å². The van der Waals surface area contributed by atoms with Crippen LogP contribution in [-0.2, 0) is 12.8 Å². The first kappa shape index (κ1) is 12.4. The number of halogens is 2. The summed E-state index contributed by atoms with van der Waals surface area (Å²) in [5.41, 5.74) is 2.34. The van der Waals surface area contributed by atoms with E-state index in [4.69, 9.17) is 11.6 Å². The van der Waals surface area contributed by atoms with Crippen LogP contribution in [0.15, 0.2) is 42.5 Å². The van der Waals surface area contributed by atoms with E-state index in [0.29, 0.717) is 23.4 Å². The molecule has 2 aromatic rings. The first-order valence-corrected chi connectivity index (χ1v) is 6.59. The fourth-order valence-electron chi connectivity index (χ4n) is 2.65. The number of rotatable bonds is 2. The van der Waals surface area contributed by atoms with Crippen molar-refractivity contribution in [1.82, 2.24) is 0 Å². The third-order valence-corrected chi connectivity index (χ3v) is 3.83. The lowest BCUT2D eigenvalue weighted by Gasteiger charge is -2.09. The molecule has 19 heavy (non-hydrogen) atoms. The molecule has 0 N–H and O–H groups in total. The number of hydrogen-bond acceptors (Lipinski definition) is 1. The molecule has 3 rings (SSSR count). The number of Topliss-reactive ketones (excluding diaryl/α,β-unsaturated/α-hetero) is 1. The summed E-state index contributed by atoms with van der Waals surface area (Å²) >= 11 is 5.88. The number of hydrogen-bond donors (Lipinski definition) is 0. The molecule has 0 radical (unpaired) electrons. The highest BCUT2D eigenvalue weighted by Gasteiger charge is 2.30. The van der Waals surface area contributed by atoms with Crippen molar-refractivity contribution in [1.29, 1.82) is 0 Å². The second-order valence-electron chi connectivity index (χ2n) is 4.86. The average Bonchev–Trinajstić information content (AvgIpc) is 2.72. The van der Waals surface area contributed by atoms with Crippen LogP contribution in [0.4, 0.5) is 4.39 Å². The minimum Gasteiger partial charge on any atom is -0.294 e. The van der Waals surface area contributed by atoms with Gasteiger partial charge in [-0.25, -0.2) is 4.39 Å². The Morgan fingerprint density at radius 3 is 2.79 bits per heavy atom. The molecule has 2 aromatic carbocycles. The zero-order valence-corrected chi connectivity index (χ0v) is 11.0. The molecule has 1 atom stereocenters. The van der Waals surface area contributed by atoms with Crippen molar-refractivity contribution in [2.75, 3.05) is 0 Å². The third kappa shape index (κ3) is 2.28. The Labute approximate surface area is 116 Å². The number of carbonyl (C=O) groups is 1. The molecule has 0 fully saturated rings. The van der Waals surface area contributed by atoms with Crippen molar-refractivity contribution < 1.29 is 9.18 Å². The molecule has 0 bridgehead atoms. The molecule has 0 aliphatic heterocycles. The summed E-state index contributed by atoms with van der Waals surface area (Å²) < 4.78 is 13.7. The van der Waals surface area contributed by atoms with Gasteiger partial charge in [0.05, 0.1) is 0 Å². The van der Waals surface area contributed by atoms with E-state index in [1.807, 2.05) is 24.3 Å². The van der Waals surface area contributed by atoms with E-state index in [0.717, 1.165) is 11.1 Å². The van der Waals surface area contributed by atoms with Gasteiger partial charge in [-0.15, -0.1) is 0 Å². The monoisotopic (exact) mass is 274 g/mol. The van der Waals surface area contributed by atoms with Crippen molar-refractivity contribution in [2.24, 2.45) is 5.92 Å². The molecule has 1 nitrogen and oxygen atoms in total. The highest BCUT2D eigenvalue weighted by atomic mass is 35.5. The van der Waals surface area contributed by atoms with Crippen molar-refractivity contribution >= 4 is 17.4 Å². The maximum absolute atomic E-state index is 13.7. The maximum Gasteiger partial charge on any atom is 0.166 e. The molecule has 0 saturated heterocycles. The van der Waals surface area contributed by atoms with Crippen molar-refractivity contribution in [2.45, 2.75) is 12.8 Å². The van der Waals surface area contributed by atoms with Gasteiger partial charge in [0, 0.05) is 16.5 Å². The van der Waals surface area contributed by atoms with Crippen LogP contribution < -0.4 is 0 Å². The normalized spacial score (nSPS) is 17.6. The minimum absolute atomic E-state index is 0.106. The molecule has 1 aliphatic rings. The predicted octanol–water partition coefficient (Wildman–Crippen LogP) is 4.08. The van der Waals surface area contributed by atoms with Crippen molar-refractivity contribution in [3.63, 3.8) is 0 Å². The summed E-state index contributed by atoms with van der Waals surface area (Å²) in [7, 11) is 0. The molecular weight excluding hydrogens is 263 g/mol. The zero-order chi connectivity index (χ0) is 13.4. The van der Waals surface area contributed by atoms with Crippen LogP contribution in [0.3, 0.4) is 0 Å². The highest BCUT2D eigenvalue weighted by Crippen LogP contribution is 2.30. The molecule has 96 valence electrons. The fourth-order valence-corrected chi connectivity index (χ4v) is 2.84. The molecule has 0 saturated carbocycles. The van der Waals surface area contributed by atoms with E-state index in [2.05, 4.69) is 0 Å². The first-order chi connectivity index (χ1) is 9.15. The molecule has 3 heteroatoms. The van der Waals surface area contributed by atoms with Crippen LogP contribution in [0.1, 0.15) is 21.5 Å². The van der Waals surface area contributed by atoms with Gasteiger partial charge >= 0.3 is 0 Å². The second-order valence-corrected chi connectivity index (χ2v) is 5.30.